The van der Waals surface area contributed by atoms with Crippen LogP contribution < -0.4 is 10.1 Å². The summed E-state index contributed by atoms with van der Waals surface area (Å²) in [5.41, 5.74) is 3.99. The standard InChI is InChI=1S/C29H30FNO5/c1-17-26(29(33)36-16-21-6-5-13-35-21)27(18-9-11-20(30)12-10-18)28-23(31-17)14-19(15-24(28)32)22-7-3-4-8-25(22)34-2/h3-4,7-12,19,21,27,31H,5-6,13-16H2,1-2H3/t19-,21+,27+/m1/s1. The summed E-state index contributed by atoms with van der Waals surface area (Å²) < 4.78 is 30.6. The van der Waals surface area contributed by atoms with E-state index < -0.39 is 11.9 Å². The van der Waals surface area contributed by atoms with E-state index in [1.54, 1.807) is 19.2 Å². The molecule has 1 aliphatic carbocycles. The number of hydrogen-bond donors (Lipinski definition) is 1. The van der Waals surface area contributed by atoms with Gasteiger partial charge in [0.15, 0.2) is 5.78 Å². The summed E-state index contributed by atoms with van der Waals surface area (Å²) in [4.78, 5) is 27.1. The van der Waals surface area contributed by atoms with Crippen molar-refractivity contribution < 1.29 is 28.2 Å². The predicted octanol–water partition coefficient (Wildman–Crippen LogP) is 4.92. The van der Waals surface area contributed by atoms with Crippen LogP contribution in [0, 0.1) is 5.82 Å². The fourth-order valence-corrected chi connectivity index (χ4v) is 5.54. The van der Waals surface area contributed by atoms with Gasteiger partial charge in [-0.15, -0.1) is 0 Å². The lowest BCUT2D eigenvalue weighted by Crippen LogP contribution is -2.36. The van der Waals surface area contributed by atoms with Gasteiger partial charge >= 0.3 is 5.97 Å². The number of benzene rings is 2. The third-order valence-electron chi connectivity index (χ3n) is 7.25. The van der Waals surface area contributed by atoms with Crippen molar-refractivity contribution in [3.8, 4) is 5.75 Å². The molecule has 1 N–H and O–H groups in total. The van der Waals surface area contributed by atoms with Gasteiger partial charge in [-0.25, -0.2) is 9.18 Å². The van der Waals surface area contributed by atoms with Crippen LogP contribution in [0.4, 0.5) is 4.39 Å². The Bertz CT molecular complexity index is 1230. The Kier molecular flexibility index (Phi) is 6.92. The summed E-state index contributed by atoms with van der Waals surface area (Å²) in [6.45, 7) is 2.66. The predicted molar refractivity (Wildman–Crippen MR) is 132 cm³/mol. The first-order valence-electron chi connectivity index (χ1n) is 12.4. The Labute approximate surface area is 210 Å². The van der Waals surface area contributed by atoms with Gasteiger partial charge in [0.25, 0.3) is 0 Å². The van der Waals surface area contributed by atoms with Crippen LogP contribution in [0.25, 0.3) is 0 Å². The van der Waals surface area contributed by atoms with E-state index in [9.17, 15) is 14.0 Å². The molecular weight excluding hydrogens is 461 g/mol. The van der Waals surface area contributed by atoms with Gasteiger partial charge in [0, 0.05) is 41.8 Å². The third kappa shape index (κ3) is 4.67. The summed E-state index contributed by atoms with van der Waals surface area (Å²) in [6.07, 6.45) is 2.57. The molecule has 2 aromatic carbocycles. The summed E-state index contributed by atoms with van der Waals surface area (Å²) in [5.74, 6) is -0.867. The molecule has 5 rings (SSSR count). The number of ketones is 1. The molecule has 6 nitrogen and oxygen atoms in total. The minimum atomic E-state index is -0.634. The van der Waals surface area contributed by atoms with E-state index in [-0.39, 0.29) is 36.7 Å². The lowest BCUT2D eigenvalue weighted by molar-refractivity contribution is -0.142. The van der Waals surface area contributed by atoms with E-state index in [2.05, 4.69) is 5.32 Å². The van der Waals surface area contributed by atoms with Gasteiger partial charge in [-0.2, -0.15) is 0 Å². The molecule has 0 spiro atoms. The Balaban J connectivity index is 1.50. The Morgan fingerprint density at radius 3 is 2.64 bits per heavy atom. The van der Waals surface area contributed by atoms with Crippen molar-refractivity contribution in [2.24, 2.45) is 0 Å². The Hall–Kier alpha value is -3.45. The monoisotopic (exact) mass is 491 g/mol. The van der Waals surface area contributed by atoms with Gasteiger partial charge in [-0.05, 0) is 55.5 Å². The molecular formula is C29H30FNO5. The normalized spacial score (nSPS) is 23.9. The quantitative estimate of drug-likeness (QED) is 0.579. The first-order chi connectivity index (χ1) is 17.5. The van der Waals surface area contributed by atoms with Crippen LogP contribution in [0.2, 0.25) is 0 Å². The highest BCUT2D eigenvalue weighted by Gasteiger charge is 2.42. The maximum absolute atomic E-state index is 13.8. The van der Waals surface area contributed by atoms with Crippen molar-refractivity contribution in [1.82, 2.24) is 5.32 Å². The minimum absolute atomic E-state index is 0.0501. The SMILES string of the molecule is COc1ccccc1[C@H]1CC(=O)C2=C(C1)NC(C)=C(C(=O)OC[C@@H]1CCCO1)[C@@H]2c1ccc(F)cc1. The van der Waals surface area contributed by atoms with E-state index in [1.807, 2.05) is 31.2 Å². The molecule has 36 heavy (non-hydrogen) atoms. The number of hydrogen-bond acceptors (Lipinski definition) is 6. The molecule has 2 aromatic rings. The number of ether oxygens (including phenoxy) is 3. The number of carbonyl (C=O) groups is 2. The van der Waals surface area contributed by atoms with E-state index in [4.69, 9.17) is 14.2 Å². The van der Waals surface area contributed by atoms with Gasteiger partial charge in [0.1, 0.15) is 18.2 Å². The number of Topliss-reactive ketones (excluding diaryl/α,β-unsaturated/α-hetero) is 1. The third-order valence-corrected chi connectivity index (χ3v) is 7.25. The smallest absolute Gasteiger partial charge is 0.336 e. The second-order valence-corrected chi connectivity index (χ2v) is 9.54. The van der Waals surface area contributed by atoms with Crippen LogP contribution in [0.15, 0.2) is 71.1 Å². The van der Waals surface area contributed by atoms with Gasteiger partial charge in [0.05, 0.1) is 18.8 Å². The zero-order chi connectivity index (χ0) is 25.2. The van der Waals surface area contributed by atoms with Gasteiger partial charge in [-0.3, -0.25) is 4.79 Å². The molecule has 0 saturated carbocycles. The lowest BCUT2D eigenvalue weighted by atomic mass is 9.71. The molecule has 3 aliphatic rings. The van der Waals surface area contributed by atoms with Gasteiger partial charge in [-0.1, -0.05) is 30.3 Å². The molecule has 1 fully saturated rings. The van der Waals surface area contributed by atoms with Crippen LogP contribution in [0.3, 0.4) is 0 Å². The highest BCUT2D eigenvalue weighted by molar-refractivity contribution is 6.04. The number of dihydropyridines is 1. The van der Waals surface area contributed by atoms with E-state index >= 15 is 0 Å². The number of rotatable bonds is 6. The first-order valence-corrected chi connectivity index (χ1v) is 12.4. The molecule has 188 valence electrons. The van der Waals surface area contributed by atoms with Crippen molar-refractivity contribution in [3.05, 3.63) is 88.0 Å². The number of esters is 1. The van der Waals surface area contributed by atoms with E-state index in [1.165, 1.54) is 12.1 Å². The number of methoxy groups -OCH3 is 1. The zero-order valence-electron chi connectivity index (χ0n) is 20.5. The Morgan fingerprint density at radius 1 is 1.14 bits per heavy atom. The summed E-state index contributed by atoms with van der Waals surface area (Å²) in [5, 5.41) is 3.35. The van der Waals surface area contributed by atoms with Gasteiger partial charge < -0.3 is 19.5 Å². The molecule has 1 saturated heterocycles. The molecule has 0 aromatic heterocycles. The molecule has 0 amide bonds. The molecule has 2 heterocycles. The highest BCUT2D eigenvalue weighted by Crippen LogP contribution is 2.46. The minimum Gasteiger partial charge on any atom is -0.496 e. The largest absolute Gasteiger partial charge is 0.496 e. The van der Waals surface area contributed by atoms with Crippen LogP contribution in [0.1, 0.15) is 55.6 Å². The fourth-order valence-electron chi connectivity index (χ4n) is 5.54. The fraction of sp³-hybridized carbons (Fsp3) is 0.379. The second-order valence-electron chi connectivity index (χ2n) is 9.54. The van der Waals surface area contributed by atoms with Crippen molar-refractivity contribution in [2.45, 2.75) is 50.5 Å². The van der Waals surface area contributed by atoms with Crippen LogP contribution in [-0.4, -0.2) is 38.2 Å². The maximum atomic E-state index is 13.8. The second kappa shape index (κ2) is 10.3. The zero-order valence-corrected chi connectivity index (χ0v) is 20.5. The maximum Gasteiger partial charge on any atom is 0.336 e. The average Bonchev–Trinajstić information content (AvgIpc) is 3.40. The van der Waals surface area contributed by atoms with Crippen LogP contribution in [-0.2, 0) is 19.1 Å². The molecule has 0 radical (unpaired) electrons. The molecule has 3 atom stereocenters. The molecule has 0 bridgehead atoms. The number of nitrogens with one attached hydrogen (secondary N) is 1. The number of carbonyl (C=O) groups excluding carboxylic acids is 2. The number of para-hydroxylation sites is 1. The van der Waals surface area contributed by atoms with Crippen molar-refractivity contribution in [1.29, 1.82) is 0 Å². The molecule has 7 heteroatoms. The van der Waals surface area contributed by atoms with Gasteiger partial charge in [0.2, 0.25) is 0 Å². The van der Waals surface area contributed by atoms with Crippen molar-refractivity contribution in [2.75, 3.05) is 20.3 Å². The van der Waals surface area contributed by atoms with Crippen LogP contribution >= 0.6 is 0 Å². The lowest BCUT2D eigenvalue weighted by Gasteiger charge is -2.37. The number of allylic oxidation sites excluding steroid dienone is 3. The number of halogens is 1. The molecule has 0 unspecified atom stereocenters. The highest BCUT2D eigenvalue weighted by atomic mass is 19.1. The van der Waals surface area contributed by atoms with E-state index in [0.29, 0.717) is 35.4 Å². The Morgan fingerprint density at radius 2 is 1.92 bits per heavy atom. The van der Waals surface area contributed by atoms with Crippen molar-refractivity contribution >= 4 is 11.8 Å². The topological polar surface area (TPSA) is 73.9 Å². The molecule has 2 aliphatic heterocycles. The van der Waals surface area contributed by atoms with Crippen molar-refractivity contribution in [3.63, 3.8) is 0 Å². The first kappa shape index (κ1) is 24.3. The van der Waals surface area contributed by atoms with Crippen LogP contribution in [0.5, 0.6) is 5.75 Å². The summed E-state index contributed by atoms with van der Waals surface area (Å²) in [6, 6.07) is 13.7. The average molecular weight is 492 g/mol. The summed E-state index contributed by atoms with van der Waals surface area (Å²) in [7, 11) is 1.62. The summed E-state index contributed by atoms with van der Waals surface area (Å²) >= 11 is 0. The van der Waals surface area contributed by atoms with E-state index in [0.717, 1.165) is 29.9 Å².